The number of rotatable bonds is 4. The van der Waals surface area contributed by atoms with E-state index in [1.807, 2.05) is 0 Å². The van der Waals surface area contributed by atoms with Gasteiger partial charge in [0.05, 0.1) is 0 Å². The van der Waals surface area contributed by atoms with Crippen molar-refractivity contribution in [2.24, 2.45) is 0 Å². The summed E-state index contributed by atoms with van der Waals surface area (Å²) in [6, 6.07) is 27.9. The van der Waals surface area contributed by atoms with E-state index < -0.39 is 8.07 Å². The molecule has 33 heavy (non-hydrogen) atoms. The van der Waals surface area contributed by atoms with Crippen molar-refractivity contribution in [3.05, 3.63) is 110 Å². The molecule has 0 aromatic heterocycles. The zero-order chi connectivity index (χ0) is 21.5. The van der Waals surface area contributed by atoms with Crippen LogP contribution in [0.25, 0.3) is 0 Å². The molecule has 5 heteroatoms. The minimum absolute atomic E-state index is 0. The van der Waals surface area contributed by atoms with E-state index in [9.17, 15) is 0 Å². The standard InChI is InChI=1S/C28H29Si.3ClH.Ti/c1-20-9-6-12-25(17-20)29(26-13-7-10-21(2)18-26,27-14-8-11-22(3)19-27)28-16-15-23(4)24(28)5;;;;/h6-14,17-19H,16H2,1-5H3;3*1H;/q;;;;+3/p-3. The van der Waals surface area contributed by atoms with Crippen LogP contribution >= 0.6 is 0 Å². The van der Waals surface area contributed by atoms with Crippen LogP contribution < -0.4 is 52.8 Å². The molecule has 0 unspecified atom stereocenters. The van der Waals surface area contributed by atoms with E-state index in [-0.39, 0.29) is 37.2 Å². The van der Waals surface area contributed by atoms with Crippen LogP contribution in [-0.2, 0) is 20.4 Å². The number of benzene rings is 3. The van der Waals surface area contributed by atoms with Gasteiger partial charge in [-0.3, -0.25) is 0 Å². The van der Waals surface area contributed by atoms with E-state index in [0.717, 1.165) is 6.42 Å². The maximum absolute atomic E-state index is 2.44. The topological polar surface area (TPSA) is 0 Å². The molecule has 1 aliphatic carbocycles. The number of aryl methyl sites for hydroxylation is 3. The normalized spacial score (nSPS) is 13.3. The molecular weight excluding hydrogens is 519 g/mol. The maximum Gasteiger partial charge on any atom is -1.00 e. The number of allylic oxidation sites excluding steroid dienone is 4. The molecule has 170 valence electrons. The molecular formula is C28H29Cl3SiTi. The fourth-order valence-electron chi connectivity index (χ4n) is 4.97. The predicted octanol–water partition coefficient (Wildman–Crippen LogP) is -3.83. The van der Waals surface area contributed by atoms with Gasteiger partial charge in [-0.25, -0.2) is 0 Å². The van der Waals surface area contributed by atoms with Gasteiger partial charge in [-0.05, 0) is 0 Å². The second kappa shape index (κ2) is 12.1. The van der Waals surface area contributed by atoms with Crippen LogP contribution in [0.15, 0.2) is 93.0 Å². The molecule has 0 amide bonds. The zero-order valence-corrected chi connectivity index (χ0v) is 24.6. The summed E-state index contributed by atoms with van der Waals surface area (Å²) in [5, 5.41) is 6.14. The van der Waals surface area contributed by atoms with Gasteiger partial charge in [-0.15, -0.1) is 0 Å². The van der Waals surface area contributed by atoms with E-state index in [0.29, 0.717) is 0 Å². The number of hydrogen-bond donors (Lipinski definition) is 0. The van der Waals surface area contributed by atoms with Crippen LogP contribution in [0.3, 0.4) is 0 Å². The van der Waals surface area contributed by atoms with Crippen molar-refractivity contribution < 1.29 is 57.7 Å². The maximum atomic E-state index is 2.44. The van der Waals surface area contributed by atoms with Crippen LogP contribution in [0.2, 0.25) is 0 Å². The zero-order valence-electron chi connectivity index (χ0n) is 19.8. The monoisotopic (exact) mass is 546 g/mol. The molecule has 3 aromatic rings. The van der Waals surface area contributed by atoms with Crippen molar-refractivity contribution in [2.45, 2.75) is 41.0 Å². The Morgan fingerprint density at radius 2 is 0.939 bits per heavy atom. The van der Waals surface area contributed by atoms with Crippen molar-refractivity contribution in [1.82, 2.24) is 0 Å². The summed E-state index contributed by atoms with van der Waals surface area (Å²) in [6.45, 7) is 11.3. The van der Waals surface area contributed by atoms with Crippen molar-refractivity contribution in [3.63, 3.8) is 0 Å². The summed E-state index contributed by atoms with van der Waals surface area (Å²) in [6.07, 6.45) is 1.08. The predicted molar refractivity (Wildman–Crippen MR) is 128 cm³/mol. The van der Waals surface area contributed by atoms with E-state index in [1.54, 1.807) is 5.20 Å². The fourth-order valence-corrected chi connectivity index (χ4v) is 11.4. The molecule has 0 spiro atoms. The molecule has 0 heterocycles. The van der Waals surface area contributed by atoms with E-state index >= 15 is 0 Å². The molecule has 1 aliphatic rings. The third-order valence-electron chi connectivity index (χ3n) is 6.63. The van der Waals surface area contributed by atoms with Crippen molar-refractivity contribution in [2.75, 3.05) is 0 Å². The van der Waals surface area contributed by atoms with Crippen LogP contribution in [0.1, 0.15) is 37.0 Å². The Morgan fingerprint density at radius 3 is 1.21 bits per heavy atom. The minimum Gasteiger partial charge on any atom is -1.00 e. The fraction of sp³-hybridized carbons (Fsp3) is 0.214. The van der Waals surface area contributed by atoms with E-state index in [4.69, 9.17) is 0 Å². The number of halogens is 3. The largest absolute Gasteiger partial charge is 1.00 e. The smallest absolute Gasteiger partial charge is 1.00 e. The Bertz CT molecular complexity index is 1090. The molecule has 0 N–H and O–H groups in total. The first-order valence-electron chi connectivity index (χ1n) is 10.7. The van der Waals surface area contributed by atoms with E-state index in [1.165, 1.54) is 47.3 Å². The Kier molecular flexibility index (Phi) is 11.0. The van der Waals surface area contributed by atoms with E-state index in [2.05, 4.69) is 128 Å². The molecule has 0 nitrogen and oxygen atoms in total. The molecule has 0 saturated heterocycles. The average Bonchev–Trinajstić information content (AvgIpc) is 2.97. The summed E-state index contributed by atoms with van der Waals surface area (Å²) in [7, 11) is -2.39. The Morgan fingerprint density at radius 1 is 0.576 bits per heavy atom. The van der Waals surface area contributed by atoms with Gasteiger partial charge in [-0.2, -0.15) is 0 Å². The van der Waals surface area contributed by atoms with Gasteiger partial charge in [-0.1, -0.05) is 0 Å². The summed E-state index contributed by atoms with van der Waals surface area (Å²) >= 11 is 2.31. The minimum atomic E-state index is -2.39. The molecule has 0 atom stereocenters. The van der Waals surface area contributed by atoms with Crippen LogP contribution in [0, 0.1) is 20.8 Å². The Hall–Kier alpha value is -1.06. The average molecular weight is 548 g/mol. The van der Waals surface area contributed by atoms with Gasteiger partial charge < -0.3 is 37.2 Å². The Balaban J connectivity index is 0.00000181. The van der Waals surface area contributed by atoms with Gasteiger partial charge in [0.1, 0.15) is 0 Å². The second-order valence-corrected chi connectivity index (χ2v) is 13.5. The summed E-state index contributed by atoms with van der Waals surface area (Å²) in [4.78, 5) is 0. The second-order valence-electron chi connectivity index (χ2n) is 8.74. The molecule has 0 fully saturated rings. The summed E-state index contributed by atoms with van der Waals surface area (Å²) in [5.74, 6) is 0. The first-order chi connectivity index (χ1) is 14.3. The molecule has 0 bridgehead atoms. The molecule has 0 aliphatic heterocycles. The molecule has 0 radical (unpaired) electrons. The first-order valence-corrected chi connectivity index (χ1v) is 13.5. The van der Waals surface area contributed by atoms with Crippen LogP contribution in [0.5, 0.6) is 0 Å². The molecule has 4 rings (SSSR count). The summed E-state index contributed by atoms with van der Waals surface area (Å²) in [5.41, 5.74) is 6.99. The quantitative estimate of drug-likeness (QED) is 0.232. The van der Waals surface area contributed by atoms with Gasteiger partial charge >= 0.3 is 195 Å². The van der Waals surface area contributed by atoms with Crippen molar-refractivity contribution in [3.8, 4) is 0 Å². The summed E-state index contributed by atoms with van der Waals surface area (Å²) < 4.78 is 1.52. The van der Waals surface area contributed by atoms with Gasteiger partial charge in [0.15, 0.2) is 0 Å². The first kappa shape index (κ1) is 30.0. The van der Waals surface area contributed by atoms with Crippen LogP contribution in [-0.4, -0.2) is 8.07 Å². The van der Waals surface area contributed by atoms with Gasteiger partial charge in [0, 0.05) is 0 Å². The number of hydrogen-bond acceptors (Lipinski definition) is 0. The third kappa shape index (κ3) is 5.45. The van der Waals surface area contributed by atoms with Gasteiger partial charge in [0.25, 0.3) is 0 Å². The van der Waals surface area contributed by atoms with Gasteiger partial charge in [0.2, 0.25) is 0 Å². The third-order valence-corrected chi connectivity index (χ3v) is 12.5. The molecule has 0 saturated carbocycles. The molecule has 3 aromatic carbocycles. The van der Waals surface area contributed by atoms with Crippen molar-refractivity contribution >= 4 is 23.6 Å². The van der Waals surface area contributed by atoms with Crippen molar-refractivity contribution in [1.29, 1.82) is 0 Å². The Labute approximate surface area is 230 Å². The SMILES string of the molecule is CC1=[C]([Ti+3])CC([Si](c2cccc(C)c2)(c2cccc(C)c2)c2cccc(C)c2)=C1C.[Cl-].[Cl-].[Cl-]. The van der Waals surface area contributed by atoms with Crippen LogP contribution in [0.4, 0.5) is 0 Å².